The summed E-state index contributed by atoms with van der Waals surface area (Å²) in [6, 6.07) is 4.78. The zero-order valence-electron chi connectivity index (χ0n) is 15.0. The number of nitrogens with zero attached hydrogens (tertiary/aromatic N) is 4. The zero-order valence-corrected chi connectivity index (χ0v) is 15.0. The lowest BCUT2D eigenvalue weighted by Crippen LogP contribution is -2.41. The van der Waals surface area contributed by atoms with E-state index in [2.05, 4.69) is 14.8 Å². The summed E-state index contributed by atoms with van der Waals surface area (Å²) in [5.41, 5.74) is 4.16. The van der Waals surface area contributed by atoms with Gasteiger partial charge in [-0.2, -0.15) is 10.4 Å². The maximum Gasteiger partial charge on any atom is 0.509 e. The molecule has 0 saturated carbocycles. The molecule has 3 heterocycles. The number of hydrogen-bond donors (Lipinski definition) is 4. The molecule has 2 aromatic rings. The highest BCUT2D eigenvalue weighted by Gasteiger charge is 2.57. The SMILES string of the molecule is C[C@H](OC(=O)OC[C@H]1O[C@@](C#N)(c2ccc3c(N)ncnn23)[C@H](O)[C@@H]1O)C(=O)O. The maximum absolute atomic E-state index is 11.6. The smallest absolute Gasteiger partial charge is 0.479 e. The van der Waals surface area contributed by atoms with E-state index in [-0.39, 0.29) is 11.5 Å². The molecule has 0 amide bonds. The fourth-order valence-corrected chi connectivity index (χ4v) is 2.93. The Balaban J connectivity index is 1.81. The molecule has 5 N–H and O–H groups in total. The summed E-state index contributed by atoms with van der Waals surface area (Å²) in [7, 11) is 0. The molecular weight excluding hydrogens is 390 g/mol. The van der Waals surface area contributed by atoms with Crippen LogP contribution >= 0.6 is 0 Å². The van der Waals surface area contributed by atoms with Gasteiger partial charge in [-0.1, -0.05) is 0 Å². The summed E-state index contributed by atoms with van der Waals surface area (Å²) in [6.07, 6.45) is -6.24. The molecule has 1 fully saturated rings. The third kappa shape index (κ3) is 3.40. The van der Waals surface area contributed by atoms with Crippen molar-refractivity contribution in [3.63, 3.8) is 0 Å². The topological polar surface area (TPSA) is 203 Å². The molecule has 5 atom stereocenters. The third-order valence-electron chi connectivity index (χ3n) is 4.47. The number of carboxylic acids is 1. The number of carbonyl (C=O) groups is 2. The number of aliphatic carboxylic acids is 1. The highest BCUT2D eigenvalue weighted by atomic mass is 16.7. The van der Waals surface area contributed by atoms with Gasteiger partial charge in [-0.05, 0) is 19.1 Å². The zero-order chi connectivity index (χ0) is 21.3. The predicted octanol–water partition coefficient (Wildman–Crippen LogP) is -1.22. The van der Waals surface area contributed by atoms with Crippen LogP contribution in [0.5, 0.6) is 0 Å². The molecule has 0 bridgehead atoms. The van der Waals surface area contributed by atoms with Gasteiger partial charge in [-0.25, -0.2) is 19.1 Å². The van der Waals surface area contributed by atoms with Crippen molar-refractivity contribution in [2.45, 2.75) is 36.9 Å². The molecule has 0 unspecified atom stereocenters. The summed E-state index contributed by atoms with van der Waals surface area (Å²) in [5.74, 6) is -1.25. The molecule has 1 aliphatic heterocycles. The van der Waals surface area contributed by atoms with Gasteiger partial charge in [0.1, 0.15) is 42.8 Å². The van der Waals surface area contributed by atoms with E-state index in [1.807, 2.05) is 6.07 Å². The van der Waals surface area contributed by atoms with Crippen LogP contribution in [-0.2, 0) is 24.6 Å². The number of aliphatic hydroxyl groups is 2. The van der Waals surface area contributed by atoms with Gasteiger partial charge in [0.25, 0.3) is 0 Å². The van der Waals surface area contributed by atoms with Gasteiger partial charge in [0.15, 0.2) is 11.9 Å². The Kier molecular flexibility index (Phi) is 5.25. The molecule has 13 nitrogen and oxygen atoms in total. The predicted molar refractivity (Wildman–Crippen MR) is 91.1 cm³/mol. The second-order valence-corrected chi connectivity index (χ2v) is 6.26. The molecule has 29 heavy (non-hydrogen) atoms. The number of nitrogens with two attached hydrogens (primary N) is 1. The lowest BCUT2D eigenvalue weighted by molar-refractivity contribution is -0.147. The van der Waals surface area contributed by atoms with E-state index >= 15 is 0 Å². The molecule has 1 saturated heterocycles. The fraction of sp³-hybridized carbons (Fsp3) is 0.438. The van der Waals surface area contributed by atoms with E-state index in [1.165, 1.54) is 16.6 Å². The summed E-state index contributed by atoms with van der Waals surface area (Å²) in [4.78, 5) is 26.1. The van der Waals surface area contributed by atoms with Crippen molar-refractivity contribution in [2.75, 3.05) is 12.3 Å². The summed E-state index contributed by atoms with van der Waals surface area (Å²) < 4.78 is 16.1. The van der Waals surface area contributed by atoms with E-state index in [1.54, 1.807) is 0 Å². The second-order valence-electron chi connectivity index (χ2n) is 6.26. The highest BCUT2D eigenvalue weighted by molar-refractivity contribution is 5.75. The molecule has 2 aromatic heterocycles. The molecule has 1 aliphatic rings. The Bertz CT molecular complexity index is 987. The van der Waals surface area contributed by atoms with Crippen molar-refractivity contribution < 1.29 is 39.1 Å². The number of nitrogen functional groups attached to an aromatic ring is 1. The summed E-state index contributed by atoms with van der Waals surface area (Å²) in [5, 5.41) is 43.3. The van der Waals surface area contributed by atoms with Crippen LogP contribution in [0, 0.1) is 11.3 Å². The number of carbonyl (C=O) groups excluding carboxylic acids is 1. The average molecular weight is 407 g/mol. The first-order valence-corrected chi connectivity index (χ1v) is 8.31. The van der Waals surface area contributed by atoms with Gasteiger partial charge in [0, 0.05) is 0 Å². The van der Waals surface area contributed by atoms with Crippen LogP contribution in [-0.4, -0.2) is 73.1 Å². The molecule has 0 radical (unpaired) electrons. The average Bonchev–Trinajstić information content (AvgIpc) is 3.22. The number of rotatable bonds is 5. The van der Waals surface area contributed by atoms with Gasteiger partial charge in [0.05, 0.1) is 5.69 Å². The number of ether oxygens (including phenoxy) is 3. The molecule has 0 aliphatic carbocycles. The van der Waals surface area contributed by atoms with Crippen molar-refractivity contribution in [3.05, 3.63) is 24.2 Å². The van der Waals surface area contributed by atoms with Gasteiger partial charge < -0.3 is 35.3 Å². The summed E-state index contributed by atoms with van der Waals surface area (Å²) in [6.45, 7) is 0.521. The number of aromatic nitrogens is 3. The first-order chi connectivity index (χ1) is 13.7. The Hall–Kier alpha value is -3.47. The summed E-state index contributed by atoms with van der Waals surface area (Å²) >= 11 is 0. The van der Waals surface area contributed by atoms with Crippen LogP contribution < -0.4 is 5.73 Å². The van der Waals surface area contributed by atoms with E-state index in [0.29, 0.717) is 5.52 Å². The maximum atomic E-state index is 11.6. The van der Waals surface area contributed by atoms with Crippen LogP contribution in [0.4, 0.5) is 10.6 Å². The minimum Gasteiger partial charge on any atom is -0.479 e. The number of carboxylic acid groups (broad SMARTS) is 1. The lowest BCUT2D eigenvalue weighted by atomic mass is 9.92. The van der Waals surface area contributed by atoms with Crippen molar-refractivity contribution in [3.8, 4) is 6.07 Å². The monoisotopic (exact) mass is 407 g/mol. The number of anilines is 1. The van der Waals surface area contributed by atoms with Crippen molar-refractivity contribution >= 4 is 23.5 Å². The minimum absolute atomic E-state index is 0.0835. The van der Waals surface area contributed by atoms with E-state index in [4.69, 9.17) is 20.3 Å². The molecule has 0 spiro atoms. The van der Waals surface area contributed by atoms with Gasteiger partial charge in [0.2, 0.25) is 5.60 Å². The van der Waals surface area contributed by atoms with Crippen LogP contribution in [0.3, 0.4) is 0 Å². The second kappa shape index (κ2) is 7.51. The van der Waals surface area contributed by atoms with Crippen molar-refractivity contribution in [1.29, 1.82) is 5.26 Å². The molecule has 154 valence electrons. The number of hydrogen-bond acceptors (Lipinski definition) is 11. The van der Waals surface area contributed by atoms with Gasteiger partial charge in [-0.15, -0.1) is 0 Å². The Morgan fingerprint density at radius 3 is 2.86 bits per heavy atom. The van der Waals surface area contributed by atoms with Gasteiger partial charge in [-0.3, -0.25) is 0 Å². The standard InChI is InChI=1S/C16H17N5O8/c1-7(14(24)25)28-15(26)27-4-9-11(22)12(23)16(5-17,29-9)10-3-2-8-13(18)19-6-20-21(8)10/h2-3,6-7,9,11-12,22-23H,4H2,1H3,(H,24,25)(H2,18,19,20)/t7-,9+,11+,12+,16-/m0/s1. The van der Waals surface area contributed by atoms with Crippen LogP contribution in [0.15, 0.2) is 18.5 Å². The number of fused-ring (bicyclic) bond motifs is 1. The van der Waals surface area contributed by atoms with Crippen molar-refractivity contribution in [2.24, 2.45) is 0 Å². The lowest BCUT2D eigenvalue weighted by Gasteiger charge is -2.24. The van der Waals surface area contributed by atoms with E-state index < -0.39 is 48.7 Å². The third-order valence-corrected chi connectivity index (χ3v) is 4.47. The number of nitriles is 1. The molecule has 0 aromatic carbocycles. The van der Waals surface area contributed by atoms with Crippen LogP contribution in [0.25, 0.3) is 5.52 Å². The molecule has 13 heteroatoms. The Morgan fingerprint density at radius 1 is 1.48 bits per heavy atom. The van der Waals surface area contributed by atoms with Crippen molar-refractivity contribution in [1.82, 2.24) is 14.6 Å². The van der Waals surface area contributed by atoms with Gasteiger partial charge >= 0.3 is 12.1 Å². The Morgan fingerprint density at radius 2 is 2.21 bits per heavy atom. The quantitative estimate of drug-likeness (QED) is 0.431. The Labute approximate surface area is 162 Å². The largest absolute Gasteiger partial charge is 0.509 e. The minimum atomic E-state index is -2.04. The number of aliphatic hydroxyl groups excluding tert-OH is 2. The van der Waals surface area contributed by atoms with E-state index in [9.17, 15) is 25.1 Å². The fourth-order valence-electron chi connectivity index (χ4n) is 2.93. The first kappa shape index (κ1) is 20.3. The first-order valence-electron chi connectivity index (χ1n) is 8.31. The van der Waals surface area contributed by atoms with Crippen LogP contribution in [0.2, 0.25) is 0 Å². The van der Waals surface area contributed by atoms with E-state index in [0.717, 1.165) is 13.3 Å². The van der Waals surface area contributed by atoms with Crippen LogP contribution in [0.1, 0.15) is 12.6 Å². The molecule has 3 rings (SSSR count). The normalized spacial score (nSPS) is 27.3. The molecular formula is C16H17N5O8. The highest BCUT2D eigenvalue weighted by Crippen LogP contribution is 2.40.